The van der Waals surface area contributed by atoms with Gasteiger partial charge >= 0.3 is 0 Å². The molecule has 0 saturated carbocycles. The maximum atomic E-state index is 8.72. The molecule has 0 unspecified atom stereocenters. The van der Waals surface area contributed by atoms with Gasteiger partial charge in [-0.15, -0.1) is 0 Å². The summed E-state index contributed by atoms with van der Waals surface area (Å²) in [6.07, 6.45) is 6.09. The molecule has 0 aromatic rings. The van der Waals surface area contributed by atoms with Crippen LogP contribution >= 0.6 is 0 Å². The van der Waals surface area contributed by atoms with Crippen molar-refractivity contribution in [2.75, 3.05) is 19.8 Å². The van der Waals surface area contributed by atoms with Crippen LogP contribution in [0.5, 0.6) is 0 Å². The van der Waals surface area contributed by atoms with Crippen molar-refractivity contribution < 1.29 is 9.84 Å². The van der Waals surface area contributed by atoms with Crippen molar-refractivity contribution in [3.8, 4) is 0 Å². The zero-order chi connectivity index (χ0) is 10.8. The Morgan fingerprint density at radius 1 is 1.21 bits per heavy atom. The summed E-state index contributed by atoms with van der Waals surface area (Å²) in [4.78, 5) is 0. The van der Waals surface area contributed by atoms with Crippen molar-refractivity contribution in [2.24, 2.45) is 0 Å². The van der Waals surface area contributed by atoms with Gasteiger partial charge in [0.15, 0.2) is 0 Å². The Labute approximate surface area is 87.3 Å². The Kier molecular flexibility index (Phi) is 8.59. The molecule has 0 aliphatic rings. The summed E-state index contributed by atoms with van der Waals surface area (Å²) in [5.41, 5.74) is 2.38. The molecule has 0 aliphatic heterocycles. The molecule has 2 heteroatoms. The highest BCUT2D eigenvalue weighted by Crippen LogP contribution is 1.98. The SMILES string of the molecule is CCC(C)=CCOCCC=C(C)CO. The van der Waals surface area contributed by atoms with Crippen LogP contribution in [0.2, 0.25) is 0 Å². The van der Waals surface area contributed by atoms with E-state index in [2.05, 4.69) is 19.9 Å². The Bertz CT molecular complexity index is 170. The molecule has 0 rings (SSSR count). The van der Waals surface area contributed by atoms with Gasteiger partial charge in [0.2, 0.25) is 0 Å². The number of hydrogen-bond donors (Lipinski definition) is 1. The number of rotatable bonds is 7. The fraction of sp³-hybridized carbons (Fsp3) is 0.667. The fourth-order valence-corrected chi connectivity index (χ4v) is 0.882. The number of allylic oxidation sites excluding steroid dienone is 1. The minimum atomic E-state index is 0.148. The predicted molar refractivity (Wildman–Crippen MR) is 60.3 cm³/mol. The van der Waals surface area contributed by atoms with Gasteiger partial charge < -0.3 is 9.84 Å². The van der Waals surface area contributed by atoms with Crippen molar-refractivity contribution in [3.63, 3.8) is 0 Å². The van der Waals surface area contributed by atoms with Crippen LogP contribution in [0.15, 0.2) is 23.3 Å². The van der Waals surface area contributed by atoms with Crippen LogP contribution in [-0.4, -0.2) is 24.9 Å². The molecule has 0 aromatic carbocycles. The standard InChI is InChI=1S/C12H22O2/c1-4-11(2)7-9-14-8-5-6-12(3)10-13/h6-7,13H,4-5,8-10H2,1-3H3. The van der Waals surface area contributed by atoms with E-state index in [0.717, 1.165) is 25.0 Å². The first-order valence-corrected chi connectivity index (χ1v) is 5.20. The molecule has 14 heavy (non-hydrogen) atoms. The number of hydrogen-bond acceptors (Lipinski definition) is 2. The topological polar surface area (TPSA) is 29.5 Å². The molecule has 0 atom stereocenters. The maximum absolute atomic E-state index is 8.72. The molecule has 0 aromatic heterocycles. The van der Waals surface area contributed by atoms with E-state index < -0.39 is 0 Å². The molecule has 0 amide bonds. The second kappa shape index (κ2) is 8.97. The third-order valence-electron chi connectivity index (χ3n) is 2.11. The molecule has 0 radical (unpaired) electrons. The molecule has 0 heterocycles. The van der Waals surface area contributed by atoms with Crippen molar-refractivity contribution >= 4 is 0 Å². The average Bonchev–Trinajstić information content (AvgIpc) is 2.22. The highest BCUT2D eigenvalue weighted by Gasteiger charge is 1.87. The van der Waals surface area contributed by atoms with Crippen LogP contribution in [0.3, 0.4) is 0 Å². The number of aliphatic hydroxyl groups is 1. The summed E-state index contributed by atoms with van der Waals surface area (Å²) < 4.78 is 5.40. The van der Waals surface area contributed by atoms with E-state index >= 15 is 0 Å². The van der Waals surface area contributed by atoms with Gasteiger partial charge in [-0.1, -0.05) is 30.2 Å². The van der Waals surface area contributed by atoms with E-state index in [9.17, 15) is 0 Å². The first-order chi connectivity index (χ1) is 6.70. The van der Waals surface area contributed by atoms with Gasteiger partial charge in [0.1, 0.15) is 0 Å². The quantitative estimate of drug-likeness (QED) is 0.503. The molecule has 0 saturated heterocycles. The second-order valence-corrected chi connectivity index (χ2v) is 3.48. The zero-order valence-corrected chi connectivity index (χ0v) is 9.55. The number of ether oxygens (including phenoxy) is 1. The molecule has 2 nitrogen and oxygen atoms in total. The normalized spacial score (nSPS) is 13.4. The van der Waals surface area contributed by atoms with E-state index in [1.165, 1.54) is 5.57 Å². The Morgan fingerprint density at radius 3 is 2.50 bits per heavy atom. The summed E-state index contributed by atoms with van der Waals surface area (Å²) in [5.74, 6) is 0. The smallest absolute Gasteiger partial charge is 0.0650 e. The third-order valence-corrected chi connectivity index (χ3v) is 2.11. The lowest BCUT2D eigenvalue weighted by Gasteiger charge is -2.00. The van der Waals surface area contributed by atoms with Crippen LogP contribution in [0.25, 0.3) is 0 Å². The van der Waals surface area contributed by atoms with Gasteiger partial charge in [-0.3, -0.25) is 0 Å². The van der Waals surface area contributed by atoms with Crippen molar-refractivity contribution in [3.05, 3.63) is 23.3 Å². The molecule has 0 spiro atoms. The summed E-state index contributed by atoms with van der Waals surface area (Å²) in [7, 11) is 0. The molecule has 82 valence electrons. The first kappa shape index (κ1) is 13.4. The lowest BCUT2D eigenvalue weighted by Crippen LogP contribution is -1.94. The van der Waals surface area contributed by atoms with Crippen LogP contribution in [-0.2, 0) is 4.74 Å². The molecule has 1 N–H and O–H groups in total. The van der Waals surface area contributed by atoms with E-state index in [-0.39, 0.29) is 6.61 Å². The van der Waals surface area contributed by atoms with Gasteiger partial charge in [-0.25, -0.2) is 0 Å². The van der Waals surface area contributed by atoms with Gasteiger partial charge in [0, 0.05) is 0 Å². The van der Waals surface area contributed by atoms with Gasteiger partial charge in [-0.2, -0.15) is 0 Å². The van der Waals surface area contributed by atoms with E-state index in [0.29, 0.717) is 6.61 Å². The summed E-state index contributed by atoms with van der Waals surface area (Å²) in [5, 5.41) is 8.72. The van der Waals surface area contributed by atoms with Crippen LogP contribution in [0.4, 0.5) is 0 Å². The van der Waals surface area contributed by atoms with E-state index in [4.69, 9.17) is 9.84 Å². The van der Waals surface area contributed by atoms with E-state index in [1.54, 1.807) is 0 Å². The molecule has 0 bridgehead atoms. The zero-order valence-electron chi connectivity index (χ0n) is 9.55. The van der Waals surface area contributed by atoms with Crippen LogP contribution < -0.4 is 0 Å². The first-order valence-electron chi connectivity index (χ1n) is 5.20. The van der Waals surface area contributed by atoms with Crippen molar-refractivity contribution in [1.29, 1.82) is 0 Å². The lowest BCUT2D eigenvalue weighted by molar-refractivity contribution is 0.166. The Balaban J connectivity index is 3.39. The Hall–Kier alpha value is -0.600. The monoisotopic (exact) mass is 198 g/mol. The summed E-state index contributed by atoms with van der Waals surface area (Å²) in [6.45, 7) is 7.74. The minimum absolute atomic E-state index is 0.148. The van der Waals surface area contributed by atoms with Crippen LogP contribution in [0, 0.1) is 0 Å². The highest BCUT2D eigenvalue weighted by atomic mass is 16.5. The second-order valence-electron chi connectivity index (χ2n) is 3.48. The molecule has 0 fully saturated rings. The summed E-state index contributed by atoms with van der Waals surface area (Å²) in [6, 6.07) is 0. The van der Waals surface area contributed by atoms with Crippen molar-refractivity contribution in [1.82, 2.24) is 0 Å². The lowest BCUT2D eigenvalue weighted by atomic mass is 10.2. The maximum Gasteiger partial charge on any atom is 0.0650 e. The minimum Gasteiger partial charge on any atom is -0.392 e. The predicted octanol–water partition coefficient (Wildman–Crippen LogP) is 2.69. The van der Waals surface area contributed by atoms with Gasteiger partial charge in [0.25, 0.3) is 0 Å². The molecular formula is C12H22O2. The average molecular weight is 198 g/mol. The van der Waals surface area contributed by atoms with Gasteiger partial charge in [0.05, 0.1) is 19.8 Å². The van der Waals surface area contributed by atoms with E-state index in [1.807, 2.05) is 13.0 Å². The molecule has 0 aliphatic carbocycles. The largest absolute Gasteiger partial charge is 0.392 e. The third kappa shape index (κ3) is 8.02. The number of aliphatic hydroxyl groups excluding tert-OH is 1. The highest BCUT2D eigenvalue weighted by molar-refractivity contribution is 4.98. The fourth-order valence-electron chi connectivity index (χ4n) is 0.882. The van der Waals surface area contributed by atoms with Crippen LogP contribution in [0.1, 0.15) is 33.6 Å². The summed E-state index contributed by atoms with van der Waals surface area (Å²) >= 11 is 0. The Morgan fingerprint density at radius 2 is 1.93 bits per heavy atom. The molecular weight excluding hydrogens is 176 g/mol. The van der Waals surface area contributed by atoms with Gasteiger partial charge in [-0.05, 0) is 26.7 Å². The van der Waals surface area contributed by atoms with Crippen molar-refractivity contribution in [2.45, 2.75) is 33.6 Å².